The Balaban J connectivity index is 2.19. The molecule has 2 aromatic rings. The lowest BCUT2D eigenvalue weighted by Crippen LogP contribution is -2.32. The van der Waals surface area contributed by atoms with Gasteiger partial charge in [0, 0.05) is 18.6 Å². The van der Waals surface area contributed by atoms with Crippen LogP contribution in [0.5, 0.6) is 0 Å². The zero-order valence-electron chi connectivity index (χ0n) is 11.3. The first-order valence-corrected chi connectivity index (χ1v) is 6.95. The molecule has 0 unspecified atom stereocenters. The number of aliphatic hydroxyl groups is 2. The topological polar surface area (TPSA) is 66.2 Å². The molecule has 0 amide bonds. The third kappa shape index (κ3) is 2.11. The summed E-state index contributed by atoms with van der Waals surface area (Å²) in [6.45, 7) is 0.170. The van der Waals surface area contributed by atoms with Crippen LogP contribution in [0, 0.1) is 0 Å². The highest BCUT2D eigenvalue weighted by molar-refractivity contribution is 5.76. The summed E-state index contributed by atoms with van der Waals surface area (Å²) in [7, 11) is 0. The van der Waals surface area contributed by atoms with Crippen LogP contribution < -0.4 is 0 Å². The molecule has 1 aliphatic carbocycles. The summed E-state index contributed by atoms with van der Waals surface area (Å²) in [5.74, 6) is 0. The van der Waals surface area contributed by atoms with Crippen LogP contribution in [0.3, 0.4) is 0 Å². The van der Waals surface area contributed by atoms with E-state index in [0.717, 1.165) is 28.8 Å². The van der Waals surface area contributed by atoms with Crippen molar-refractivity contribution >= 4 is 17.1 Å². The molecule has 0 radical (unpaired) electrons. The van der Waals surface area contributed by atoms with Crippen molar-refractivity contribution in [2.45, 2.75) is 24.7 Å². The summed E-state index contributed by atoms with van der Waals surface area (Å²) in [6, 6.07) is 7.79. The fourth-order valence-corrected chi connectivity index (χ4v) is 3.01. The van der Waals surface area contributed by atoms with E-state index < -0.39 is 0 Å². The number of nitrogens with zero attached hydrogens (tertiary/aromatic N) is 2. The molecule has 0 atom stereocenters. The molecule has 4 heteroatoms. The molecule has 0 fully saturated rings. The lowest BCUT2D eigenvalue weighted by molar-refractivity contribution is 0.187. The van der Waals surface area contributed by atoms with Gasteiger partial charge in [-0.15, -0.1) is 0 Å². The quantitative estimate of drug-likeness (QED) is 0.892. The fourth-order valence-electron chi connectivity index (χ4n) is 3.01. The van der Waals surface area contributed by atoms with Gasteiger partial charge in [0.25, 0.3) is 0 Å². The zero-order valence-corrected chi connectivity index (χ0v) is 11.3. The summed E-state index contributed by atoms with van der Waals surface area (Å²) < 4.78 is 0. The van der Waals surface area contributed by atoms with E-state index in [1.165, 1.54) is 0 Å². The Bertz CT molecular complexity index is 646. The van der Waals surface area contributed by atoms with Crippen LogP contribution in [0.2, 0.25) is 0 Å². The van der Waals surface area contributed by atoms with Crippen molar-refractivity contribution in [1.82, 2.24) is 9.97 Å². The van der Waals surface area contributed by atoms with Gasteiger partial charge in [-0.3, -0.25) is 0 Å². The van der Waals surface area contributed by atoms with Crippen molar-refractivity contribution in [3.05, 3.63) is 41.7 Å². The normalized spacial score (nSPS) is 16.3. The van der Waals surface area contributed by atoms with E-state index >= 15 is 0 Å². The number of aliphatic hydroxyl groups excluding tert-OH is 2. The van der Waals surface area contributed by atoms with E-state index in [2.05, 4.69) is 11.1 Å². The molecular weight excluding hydrogens is 252 g/mol. The first kappa shape index (κ1) is 13.2. The van der Waals surface area contributed by atoms with Gasteiger partial charge in [0.05, 0.1) is 22.4 Å². The number of allylic oxidation sites excluding steroid dienone is 1. The van der Waals surface area contributed by atoms with Crippen LogP contribution in [0.15, 0.2) is 30.3 Å². The van der Waals surface area contributed by atoms with E-state index in [4.69, 9.17) is 4.98 Å². The monoisotopic (exact) mass is 270 g/mol. The van der Waals surface area contributed by atoms with E-state index in [0.29, 0.717) is 12.8 Å². The van der Waals surface area contributed by atoms with E-state index in [1.807, 2.05) is 30.3 Å². The van der Waals surface area contributed by atoms with Crippen LogP contribution in [0.1, 0.15) is 30.7 Å². The van der Waals surface area contributed by atoms with Crippen LogP contribution in [0.25, 0.3) is 17.1 Å². The minimum absolute atomic E-state index is 0.0851. The molecule has 1 heterocycles. The predicted octanol–water partition coefficient (Wildman–Crippen LogP) is 2.05. The number of hydrogen-bond acceptors (Lipinski definition) is 4. The molecule has 104 valence electrons. The third-order valence-electron chi connectivity index (χ3n) is 4.06. The molecule has 1 aliphatic rings. The summed E-state index contributed by atoms with van der Waals surface area (Å²) >= 11 is 0. The van der Waals surface area contributed by atoms with Gasteiger partial charge >= 0.3 is 0 Å². The van der Waals surface area contributed by atoms with Crippen LogP contribution in [0.4, 0.5) is 0 Å². The Morgan fingerprint density at radius 3 is 2.30 bits per heavy atom. The van der Waals surface area contributed by atoms with Gasteiger partial charge in [-0.2, -0.15) is 0 Å². The number of fused-ring (bicyclic) bond motifs is 2. The Hall–Kier alpha value is -1.78. The largest absolute Gasteiger partial charge is 0.396 e. The summed E-state index contributed by atoms with van der Waals surface area (Å²) in [6.07, 6.45) is 6.03. The minimum Gasteiger partial charge on any atom is -0.396 e. The average Bonchev–Trinajstić information content (AvgIpc) is 2.46. The summed E-state index contributed by atoms with van der Waals surface area (Å²) in [4.78, 5) is 9.43. The lowest BCUT2D eigenvalue weighted by atomic mass is 9.72. The second-order valence-electron chi connectivity index (χ2n) is 5.28. The highest BCUT2D eigenvalue weighted by atomic mass is 16.3. The van der Waals surface area contributed by atoms with Crippen molar-refractivity contribution in [3.8, 4) is 0 Å². The van der Waals surface area contributed by atoms with Gasteiger partial charge in [-0.05, 0) is 37.5 Å². The van der Waals surface area contributed by atoms with Crippen LogP contribution >= 0.6 is 0 Å². The SMILES string of the molecule is OCCC1(CCO)CC=Cc2nc3ccccc3nc21. The molecule has 0 saturated heterocycles. The molecule has 20 heavy (non-hydrogen) atoms. The number of aromatic nitrogens is 2. The Kier molecular flexibility index (Phi) is 3.51. The Labute approximate surface area is 117 Å². The van der Waals surface area contributed by atoms with Crippen molar-refractivity contribution in [2.24, 2.45) is 0 Å². The highest BCUT2D eigenvalue weighted by Crippen LogP contribution is 2.40. The van der Waals surface area contributed by atoms with Gasteiger partial charge in [0.2, 0.25) is 0 Å². The summed E-state index contributed by atoms with van der Waals surface area (Å²) in [5, 5.41) is 18.8. The van der Waals surface area contributed by atoms with Crippen molar-refractivity contribution in [1.29, 1.82) is 0 Å². The second kappa shape index (κ2) is 5.31. The average molecular weight is 270 g/mol. The van der Waals surface area contributed by atoms with E-state index in [1.54, 1.807) is 0 Å². The van der Waals surface area contributed by atoms with Crippen molar-refractivity contribution in [3.63, 3.8) is 0 Å². The smallest absolute Gasteiger partial charge is 0.0894 e. The number of hydrogen-bond donors (Lipinski definition) is 2. The molecule has 0 aliphatic heterocycles. The van der Waals surface area contributed by atoms with Crippen LogP contribution in [-0.2, 0) is 5.41 Å². The number of benzene rings is 1. The summed E-state index contributed by atoms with van der Waals surface area (Å²) in [5.41, 5.74) is 3.20. The molecule has 3 rings (SSSR count). The van der Waals surface area contributed by atoms with Gasteiger partial charge in [0.1, 0.15) is 0 Å². The molecule has 1 aromatic heterocycles. The molecule has 2 N–H and O–H groups in total. The minimum atomic E-state index is -0.301. The van der Waals surface area contributed by atoms with Gasteiger partial charge in [0.15, 0.2) is 0 Å². The van der Waals surface area contributed by atoms with E-state index in [9.17, 15) is 10.2 Å². The highest BCUT2D eigenvalue weighted by Gasteiger charge is 2.36. The molecule has 0 spiro atoms. The molecular formula is C16H18N2O2. The van der Waals surface area contributed by atoms with E-state index in [-0.39, 0.29) is 18.6 Å². The lowest BCUT2D eigenvalue weighted by Gasteiger charge is -2.34. The fraction of sp³-hybridized carbons (Fsp3) is 0.375. The van der Waals surface area contributed by atoms with Gasteiger partial charge in [-0.1, -0.05) is 18.2 Å². The first-order valence-electron chi connectivity index (χ1n) is 6.95. The number of rotatable bonds is 4. The Morgan fingerprint density at radius 1 is 1.00 bits per heavy atom. The van der Waals surface area contributed by atoms with Crippen molar-refractivity contribution in [2.75, 3.05) is 13.2 Å². The standard InChI is InChI=1S/C16H18N2O2/c19-10-8-16(9-11-20)7-3-6-14-15(16)18-13-5-2-1-4-12(13)17-14/h1-6,19-20H,7-11H2. The van der Waals surface area contributed by atoms with Crippen molar-refractivity contribution < 1.29 is 10.2 Å². The molecule has 4 nitrogen and oxygen atoms in total. The maximum absolute atomic E-state index is 9.40. The Morgan fingerprint density at radius 2 is 1.65 bits per heavy atom. The molecule has 0 saturated carbocycles. The maximum atomic E-state index is 9.40. The predicted molar refractivity (Wildman–Crippen MR) is 78.3 cm³/mol. The first-order chi connectivity index (χ1) is 9.79. The third-order valence-corrected chi connectivity index (χ3v) is 4.06. The molecule has 0 bridgehead atoms. The maximum Gasteiger partial charge on any atom is 0.0894 e. The van der Waals surface area contributed by atoms with Gasteiger partial charge in [-0.25, -0.2) is 9.97 Å². The molecule has 1 aromatic carbocycles. The number of para-hydroxylation sites is 2. The van der Waals surface area contributed by atoms with Gasteiger partial charge < -0.3 is 10.2 Å². The zero-order chi connectivity index (χ0) is 14.0. The second-order valence-corrected chi connectivity index (χ2v) is 5.28. The van der Waals surface area contributed by atoms with Crippen LogP contribution in [-0.4, -0.2) is 33.4 Å².